The van der Waals surface area contributed by atoms with Gasteiger partial charge in [-0.05, 0) is 24.0 Å². The molecule has 1 heterocycles. The van der Waals surface area contributed by atoms with Gasteiger partial charge in [-0.15, -0.1) is 0 Å². The fourth-order valence-electron chi connectivity index (χ4n) is 2.24. The van der Waals surface area contributed by atoms with E-state index in [0.29, 0.717) is 0 Å². The van der Waals surface area contributed by atoms with Crippen LogP contribution in [-0.4, -0.2) is 12.4 Å². The first kappa shape index (κ1) is 11.3. The van der Waals surface area contributed by atoms with Crippen molar-refractivity contribution in [2.24, 2.45) is 7.05 Å². The molecular formula is C14H20BN. The van der Waals surface area contributed by atoms with Gasteiger partial charge in [0.1, 0.15) is 7.85 Å². The fourth-order valence-corrected chi connectivity index (χ4v) is 2.24. The van der Waals surface area contributed by atoms with Crippen molar-refractivity contribution in [2.75, 3.05) is 0 Å². The van der Waals surface area contributed by atoms with Gasteiger partial charge in [-0.2, -0.15) is 0 Å². The van der Waals surface area contributed by atoms with E-state index in [9.17, 15) is 0 Å². The zero-order valence-corrected chi connectivity index (χ0v) is 11.2. The highest BCUT2D eigenvalue weighted by Crippen LogP contribution is 2.31. The van der Waals surface area contributed by atoms with Crippen LogP contribution in [0, 0.1) is 6.92 Å². The highest BCUT2D eigenvalue weighted by molar-refractivity contribution is 6.34. The fraction of sp³-hybridized carbons (Fsp3) is 0.429. The summed E-state index contributed by atoms with van der Waals surface area (Å²) >= 11 is 0. The van der Waals surface area contributed by atoms with Crippen molar-refractivity contribution in [1.82, 2.24) is 4.57 Å². The van der Waals surface area contributed by atoms with E-state index < -0.39 is 0 Å². The Hall–Kier alpha value is -1.18. The van der Waals surface area contributed by atoms with Gasteiger partial charge in [-0.1, -0.05) is 37.9 Å². The highest BCUT2D eigenvalue weighted by atomic mass is 14.9. The summed E-state index contributed by atoms with van der Waals surface area (Å²) in [7, 11) is 4.32. The van der Waals surface area contributed by atoms with Crippen LogP contribution in [-0.2, 0) is 12.5 Å². The van der Waals surface area contributed by atoms with Crippen molar-refractivity contribution in [2.45, 2.75) is 33.1 Å². The maximum absolute atomic E-state index is 2.32. The Balaban J connectivity index is 2.84. The van der Waals surface area contributed by atoms with E-state index >= 15 is 0 Å². The number of rotatable bonds is 0. The number of hydrogen-bond donors (Lipinski definition) is 0. The molecule has 0 aliphatic heterocycles. The third kappa shape index (κ3) is 1.66. The molecule has 0 aliphatic carbocycles. The summed E-state index contributed by atoms with van der Waals surface area (Å²) in [5, 5.41) is 1.40. The molecule has 1 aromatic heterocycles. The van der Waals surface area contributed by atoms with Crippen LogP contribution in [0.1, 0.15) is 31.9 Å². The molecule has 0 aliphatic rings. The number of nitrogens with zero attached hydrogens (tertiary/aromatic N) is 1. The molecule has 2 aromatic rings. The van der Waals surface area contributed by atoms with Gasteiger partial charge >= 0.3 is 0 Å². The van der Waals surface area contributed by atoms with Gasteiger partial charge in [0.2, 0.25) is 0 Å². The molecule has 0 radical (unpaired) electrons. The molecule has 0 spiro atoms. The van der Waals surface area contributed by atoms with E-state index in [-0.39, 0.29) is 5.41 Å². The predicted octanol–water partition coefficient (Wildman–Crippen LogP) is 2.04. The van der Waals surface area contributed by atoms with Gasteiger partial charge in [0, 0.05) is 24.1 Å². The maximum atomic E-state index is 2.32. The van der Waals surface area contributed by atoms with Gasteiger partial charge in [0.15, 0.2) is 0 Å². The van der Waals surface area contributed by atoms with Crippen molar-refractivity contribution < 1.29 is 0 Å². The minimum Gasteiger partial charge on any atom is -0.350 e. The van der Waals surface area contributed by atoms with E-state index in [1.54, 1.807) is 0 Å². The first-order valence-corrected chi connectivity index (χ1v) is 5.87. The smallest absolute Gasteiger partial charge is 0.139 e. The van der Waals surface area contributed by atoms with Crippen LogP contribution in [0.4, 0.5) is 0 Å². The zero-order valence-electron chi connectivity index (χ0n) is 11.2. The van der Waals surface area contributed by atoms with Crippen LogP contribution in [0.2, 0.25) is 0 Å². The Morgan fingerprint density at radius 2 is 1.81 bits per heavy atom. The lowest BCUT2D eigenvalue weighted by atomic mass is 9.84. The number of benzene rings is 1. The molecule has 0 bridgehead atoms. The van der Waals surface area contributed by atoms with Gasteiger partial charge in [0.25, 0.3) is 0 Å². The van der Waals surface area contributed by atoms with E-state index in [0.717, 1.165) is 0 Å². The third-order valence-electron chi connectivity index (χ3n) is 3.41. The van der Waals surface area contributed by atoms with Crippen molar-refractivity contribution >= 4 is 24.2 Å². The molecule has 0 atom stereocenters. The molecule has 0 saturated carbocycles. The average molecular weight is 213 g/mol. The molecule has 16 heavy (non-hydrogen) atoms. The molecule has 0 amide bonds. The summed E-state index contributed by atoms with van der Waals surface area (Å²) in [6, 6.07) is 4.62. The SMILES string of the molecule is Bc1cc2c(C(C)(C)C)cn(C)c2cc1C. The van der Waals surface area contributed by atoms with Gasteiger partial charge in [-0.25, -0.2) is 0 Å². The minimum absolute atomic E-state index is 0.210. The normalized spacial score (nSPS) is 12.3. The van der Waals surface area contributed by atoms with Gasteiger partial charge < -0.3 is 4.57 Å². The first-order valence-electron chi connectivity index (χ1n) is 5.87. The molecule has 1 nitrogen and oxygen atoms in total. The maximum Gasteiger partial charge on any atom is 0.139 e. The summed E-state index contributed by atoms with van der Waals surface area (Å²) in [4.78, 5) is 0. The summed E-state index contributed by atoms with van der Waals surface area (Å²) in [5.74, 6) is 0. The molecule has 0 unspecified atom stereocenters. The second-order valence-electron chi connectivity index (χ2n) is 5.86. The number of fused-ring (bicyclic) bond motifs is 1. The average Bonchev–Trinajstić information content (AvgIpc) is 2.45. The highest BCUT2D eigenvalue weighted by Gasteiger charge is 2.19. The summed E-state index contributed by atoms with van der Waals surface area (Å²) in [6.45, 7) is 9.00. The van der Waals surface area contributed by atoms with Crippen LogP contribution < -0.4 is 5.46 Å². The third-order valence-corrected chi connectivity index (χ3v) is 3.41. The number of hydrogen-bond acceptors (Lipinski definition) is 0. The second-order valence-corrected chi connectivity index (χ2v) is 5.86. The van der Waals surface area contributed by atoms with Crippen molar-refractivity contribution in [3.05, 3.63) is 29.5 Å². The van der Waals surface area contributed by atoms with Crippen LogP contribution in [0.3, 0.4) is 0 Å². The minimum atomic E-state index is 0.210. The lowest BCUT2D eigenvalue weighted by Gasteiger charge is -2.17. The van der Waals surface area contributed by atoms with Gasteiger partial charge in [-0.3, -0.25) is 0 Å². The molecule has 0 N–H and O–H groups in total. The molecule has 0 fully saturated rings. The Bertz CT molecular complexity index is 544. The topological polar surface area (TPSA) is 4.93 Å². The van der Waals surface area contributed by atoms with Crippen LogP contribution in [0.25, 0.3) is 10.9 Å². The molecular weight excluding hydrogens is 193 g/mol. The van der Waals surface area contributed by atoms with E-state index in [1.165, 1.54) is 27.5 Å². The Kier molecular flexibility index (Phi) is 2.41. The Labute approximate surface area is 98.9 Å². The van der Waals surface area contributed by atoms with Crippen molar-refractivity contribution in [3.63, 3.8) is 0 Å². The van der Waals surface area contributed by atoms with Crippen LogP contribution in [0.15, 0.2) is 18.3 Å². The van der Waals surface area contributed by atoms with Gasteiger partial charge in [0.05, 0.1) is 0 Å². The van der Waals surface area contributed by atoms with E-state index in [2.05, 4.69) is 65.5 Å². The molecule has 2 rings (SSSR count). The standard InChI is InChI=1S/C14H20BN/c1-9-6-13-10(7-12(9)15)11(8-16(13)5)14(2,3)4/h6-8H,15H2,1-5H3. The number of aryl methyl sites for hydroxylation is 2. The Morgan fingerprint density at radius 1 is 1.19 bits per heavy atom. The largest absolute Gasteiger partial charge is 0.350 e. The quantitative estimate of drug-likeness (QED) is 0.590. The Morgan fingerprint density at radius 3 is 2.38 bits per heavy atom. The lowest BCUT2D eigenvalue weighted by Crippen LogP contribution is -2.12. The molecule has 2 heteroatoms. The van der Waals surface area contributed by atoms with E-state index in [1.807, 2.05) is 0 Å². The van der Waals surface area contributed by atoms with Crippen molar-refractivity contribution in [1.29, 1.82) is 0 Å². The molecule has 0 saturated heterocycles. The monoisotopic (exact) mass is 213 g/mol. The van der Waals surface area contributed by atoms with Crippen LogP contribution >= 0.6 is 0 Å². The summed E-state index contributed by atoms with van der Waals surface area (Å²) < 4.78 is 2.24. The molecule has 1 aromatic carbocycles. The zero-order chi connectivity index (χ0) is 12.1. The number of aromatic nitrogens is 1. The lowest BCUT2D eigenvalue weighted by molar-refractivity contribution is 0.593. The molecule has 84 valence electrons. The summed E-state index contributed by atoms with van der Waals surface area (Å²) in [6.07, 6.45) is 2.27. The second kappa shape index (κ2) is 3.41. The van der Waals surface area contributed by atoms with Crippen molar-refractivity contribution in [3.8, 4) is 0 Å². The predicted molar refractivity (Wildman–Crippen MR) is 74.5 cm³/mol. The van der Waals surface area contributed by atoms with Crippen LogP contribution in [0.5, 0.6) is 0 Å². The first-order chi connectivity index (χ1) is 7.30. The summed E-state index contributed by atoms with van der Waals surface area (Å²) in [5.41, 5.74) is 5.74. The van der Waals surface area contributed by atoms with E-state index in [4.69, 9.17) is 0 Å².